The van der Waals surface area contributed by atoms with E-state index in [1.54, 1.807) is 7.11 Å². The van der Waals surface area contributed by atoms with Crippen LogP contribution in [0.25, 0.3) is 0 Å². The van der Waals surface area contributed by atoms with Crippen LogP contribution in [0.3, 0.4) is 0 Å². The zero-order valence-corrected chi connectivity index (χ0v) is 13.6. The minimum atomic E-state index is -0.00197. The van der Waals surface area contributed by atoms with Crippen LogP contribution in [0.15, 0.2) is 42.5 Å². The van der Waals surface area contributed by atoms with Crippen LogP contribution in [0.1, 0.15) is 43.9 Å². The second-order valence-electron chi connectivity index (χ2n) is 5.52. The number of methoxy groups -OCH3 is 1. The molecular formula is C19H25NO2. The van der Waals surface area contributed by atoms with Crippen molar-refractivity contribution < 1.29 is 9.84 Å². The van der Waals surface area contributed by atoms with E-state index in [2.05, 4.69) is 12.2 Å². The Balaban J connectivity index is 2.20. The van der Waals surface area contributed by atoms with Crippen molar-refractivity contribution in [3.05, 3.63) is 53.6 Å². The Labute approximate surface area is 133 Å². The van der Waals surface area contributed by atoms with Crippen molar-refractivity contribution >= 4 is 5.69 Å². The van der Waals surface area contributed by atoms with Crippen molar-refractivity contribution in [2.45, 2.75) is 39.2 Å². The van der Waals surface area contributed by atoms with Crippen LogP contribution in [-0.4, -0.2) is 12.2 Å². The molecule has 3 heteroatoms. The third-order valence-electron chi connectivity index (χ3n) is 3.90. The van der Waals surface area contributed by atoms with Gasteiger partial charge in [0.05, 0.1) is 18.8 Å². The van der Waals surface area contributed by atoms with Crippen LogP contribution in [0.5, 0.6) is 11.5 Å². The predicted molar refractivity (Wildman–Crippen MR) is 91.8 cm³/mol. The van der Waals surface area contributed by atoms with Crippen molar-refractivity contribution in [3.63, 3.8) is 0 Å². The van der Waals surface area contributed by atoms with E-state index in [1.807, 2.05) is 49.4 Å². The van der Waals surface area contributed by atoms with Gasteiger partial charge in [0.2, 0.25) is 0 Å². The summed E-state index contributed by atoms with van der Waals surface area (Å²) >= 11 is 0. The molecule has 2 aromatic carbocycles. The van der Waals surface area contributed by atoms with Crippen molar-refractivity contribution in [2.24, 2.45) is 0 Å². The molecule has 2 aromatic rings. The first-order valence-corrected chi connectivity index (χ1v) is 7.87. The topological polar surface area (TPSA) is 41.5 Å². The van der Waals surface area contributed by atoms with Crippen molar-refractivity contribution in [3.8, 4) is 11.5 Å². The lowest BCUT2D eigenvalue weighted by atomic mass is 9.99. The average Bonchev–Trinajstić information content (AvgIpc) is 2.54. The number of para-hydroxylation sites is 3. The SMILES string of the molecule is CCCCc1cccc(C(C)Nc2ccccc2OC)c1O. The number of hydrogen-bond donors (Lipinski definition) is 2. The standard InChI is InChI=1S/C19H25NO2/c1-4-5-9-15-10-8-11-16(19(15)21)14(2)20-17-12-6-7-13-18(17)22-3/h6-8,10-14,20-21H,4-5,9H2,1-3H3. The first-order chi connectivity index (χ1) is 10.7. The van der Waals surface area contributed by atoms with E-state index in [0.717, 1.165) is 41.8 Å². The molecule has 0 bridgehead atoms. The maximum absolute atomic E-state index is 10.5. The Morgan fingerprint density at radius 3 is 2.64 bits per heavy atom. The summed E-state index contributed by atoms with van der Waals surface area (Å²) in [4.78, 5) is 0. The number of aromatic hydroxyl groups is 1. The van der Waals surface area contributed by atoms with Crippen LogP contribution < -0.4 is 10.1 Å². The van der Waals surface area contributed by atoms with Gasteiger partial charge in [0, 0.05) is 5.56 Å². The van der Waals surface area contributed by atoms with E-state index in [1.165, 1.54) is 0 Å². The van der Waals surface area contributed by atoms with Gasteiger partial charge in [-0.1, -0.05) is 43.7 Å². The zero-order chi connectivity index (χ0) is 15.9. The average molecular weight is 299 g/mol. The highest BCUT2D eigenvalue weighted by Gasteiger charge is 2.14. The molecule has 0 spiro atoms. The lowest BCUT2D eigenvalue weighted by Gasteiger charge is -2.20. The minimum absolute atomic E-state index is 0.00197. The van der Waals surface area contributed by atoms with Crippen LogP contribution in [0.4, 0.5) is 5.69 Å². The molecule has 0 aliphatic rings. The van der Waals surface area contributed by atoms with Gasteiger partial charge in [-0.25, -0.2) is 0 Å². The number of phenols is 1. The summed E-state index contributed by atoms with van der Waals surface area (Å²) in [6.45, 7) is 4.21. The normalized spacial score (nSPS) is 12.0. The molecule has 22 heavy (non-hydrogen) atoms. The van der Waals surface area contributed by atoms with Gasteiger partial charge in [-0.3, -0.25) is 0 Å². The molecular weight excluding hydrogens is 274 g/mol. The molecule has 1 atom stereocenters. The number of unbranched alkanes of at least 4 members (excludes halogenated alkanes) is 1. The Kier molecular flexibility index (Phi) is 5.70. The Morgan fingerprint density at radius 1 is 1.14 bits per heavy atom. The number of ether oxygens (including phenoxy) is 1. The van der Waals surface area contributed by atoms with E-state index < -0.39 is 0 Å². The maximum Gasteiger partial charge on any atom is 0.141 e. The highest BCUT2D eigenvalue weighted by Crippen LogP contribution is 2.33. The fourth-order valence-electron chi connectivity index (χ4n) is 2.60. The van der Waals surface area contributed by atoms with Gasteiger partial charge in [0.25, 0.3) is 0 Å². The second kappa shape index (κ2) is 7.74. The largest absolute Gasteiger partial charge is 0.507 e. The number of aryl methyl sites for hydroxylation is 1. The molecule has 1 unspecified atom stereocenters. The molecule has 0 heterocycles. The smallest absolute Gasteiger partial charge is 0.141 e. The molecule has 118 valence electrons. The highest BCUT2D eigenvalue weighted by molar-refractivity contribution is 5.58. The van der Waals surface area contributed by atoms with Crippen molar-refractivity contribution in [2.75, 3.05) is 12.4 Å². The number of benzene rings is 2. The van der Waals surface area contributed by atoms with Gasteiger partial charge < -0.3 is 15.2 Å². The van der Waals surface area contributed by atoms with Gasteiger partial charge in [0.15, 0.2) is 0 Å². The molecule has 0 saturated heterocycles. The van der Waals surface area contributed by atoms with Crippen LogP contribution in [-0.2, 0) is 6.42 Å². The third-order valence-corrected chi connectivity index (χ3v) is 3.90. The van der Waals surface area contributed by atoms with Gasteiger partial charge >= 0.3 is 0 Å². The lowest BCUT2D eigenvalue weighted by molar-refractivity contribution is 0.416. The summed E-state index contributed by atoms with van der Waals surface area (Å²) < 4.78 is 5.36. The summed E-state index contributed by atoms with van der Waals surface area (Å²) in [7, 11) is 1.66. The lowest BCUT2D eigenvalue weighted by Crippen LogP contribution is -2.08. The fraction of sp³-hybridized carbons (Fsp3) is 0.368. The minimum Gasteiger partial charge on any atom is -0.507 e. The highest BCUT2D eigenvalue weighted by atomic mass is 16.5. The van der Waals surface area contributed by atoms with Crippen molar-refractivity contribution in [1.82, 2.24) is 0 Å². The molecule has 0 aromatic heterocycles. The molecule has 2 N–H and O–H groups in total. The van der Waals surface area contributed by atoms with Crippen LogP contribution in [0, 0.1) is 0 Å². The van der Waals surface area contributed by atoms with E-state index in [9.17, 15) is 5.11 Å². The zero-order valence-electron chi connectivity index (χ0n) is 13.6. The molecule has 2 rings (SSSR count). The van der Waals surface area contributed by atoms with Crippen LogP contribution >= 0.6 is 0 Å². The van der Waals surface area contributed by atoms with E-state index in [0.29, 0.717) is 5.75 Å². The molecule has 0 aliphatic carbocycles. The van der Waals surface area contributed by atoms with Gasteiger partial charge in [-0.2, -0.15) is 0 Å². The third kappa shape index (κ3) is 3.73. The number of nitrogens with one attached hydrogen (secondary N) is 1. The second-order valence-corrected chi connectivity index (χ2v) is 5.52. The van der Waals surface area contributed by atoms with Crippen LogP contribution in [0.2, 0.25) is 0 Å². The van der Waals surface area contributed by atoms with E-state index in [-0.39, 0.29) is 6.04 Å². The monoisotopic (exact) mass is 299 g/mol. The summed E-state index contributed by atoms with van der Waals surface area (Å²) in [5.74, 6) is 1.21. The predicted octanol–water partition coefficient (Wildman–Crippen LogP) is 4.92. The number of phenolic OH excluding ortho intramolecular Hbond substituents is 1. The molecule has 0 amide bonds. The van der Waals surface area contributed by atoms with E-state index in [4.69, 9.17) is 4.74 Å². The number of rotatable bonds is 7. The molecule has 0 aliphatic heterocycles. The van der Waals surface area contributed by atoms with E-state index >= 15 is 0 Å². The Morgan fingerprint density at radius 2 is 1.91 bits per heavy atom. The number of hydrogen-bond acceptors (Lipinski definition) is 3. The quantitative estimate of drug-likeness (QED) is 0.762. The van der Waals surface area contributed by atoms with Gasteiger partial charge in [0.1, 0.15) is 11.5 Å². The summed E-state index contributed by atoms with van der Waals surface area (Å²) in [5, 5.41) is 13.9. The Hall–Kier alpha value is -2.16. The Bertz CT molecular complexity index is 610. The summed E-state index contributed by atoms with van der Waals surface area (Å²) in [6, 6.07) is 13.8. The molecule has 3 nitrogen and oxygen atoms in total. The molecule has 0 saturated carbocycles. The molecule has 0 fully saturated rings. The number of anilines is 1. The molecule has 0 radical (unpaired) electrons. The van der Waals surface area contributed by atoms with Crippen molar-refractivity contribution in [1.29, 1.82) is 0 Å². The summed E-state index contributed by atoms with van der Waals surface area (Å²) in [6.07, 6.45) is 3.13. The first kappa shape index (κ1) is 16.2. The van der Waals surface area contributed by atoms with Gasteiger partial charge in [-0.05, 0) is 37.5 Å². The first-order valence-electron chi connectivity index (χ1n) is 7.87. The van der Waals surface area contributed by atoms with Gasteiger partial charge in [-0.15, -0.1) is 0 Å². The fourth-order valence-corrected chi connectivity index (χ4v) is 2.60. The summed E-state index contributed by atoms with van der Waals surface area (Å²) in [5.41, 5.74) is 2.86. The maximum atomic E-state index is 10.5.